The van der Waals surface area contributed by atoms with Gasteiger partial charge in [0.05, 0.1) is 6.67 Å². The predicted molar refractivity (Wildman–Crippen MR) is 48.8 cm³/mol. The molecule has 54 valence electrons. The monoisotopic (exact) mass is 250 g/mol. The lowest BCUT2D eigenvalue weighted by atomic mass is 10.2. The second kappa shape index (κ2) is 3.91. The first kappa shape index (κ1) is 7.98. The molecule has 1 aromatic rings. The Morgan fingerprint density at radius 1 is 1.20 bits per heavy atom. The van der Waals surface area contributed by atoms with Crippen LogP contribution in [0.4, 0.5) is 4.39 Å². The molecule has 1 aromatic carbocycles. The van der Waals surface area contributed by atoms with Gasteiger partial charge in [-0.1, -0.05) is 12.1 Å². The zero-order chi connectivity index (χ0) is 7.40. The zero-order valence-corrected chi connectivity index (χ0v) is 7.64. The Hall–Kier alpha value is -0.120. The molecule has 0 atom stereocenters. The van der Waals surface area contributed by atoms with Crippen molar-refractivity contribution < 1.29 is 4.39 Å². The largest absolute Gasteiger partial charge is 0.251 e. The van der Waals surface area contributed by atoms with E-state index in [4.69, 9.17) is 0 Å². The Labute approximate surface area is 73.6 Å². The summed E-state index contributed by atoms with van der Waals surface area (Å²) < 4.78 is 13.0. The average Bonchev–Trinajstić information content (AvgIpc) is 1.95. The van der Waals surface area contributed by atoms with Crippen molar-refractivity contribution in [2.75, 3.05) is 6.67 Å². The van der Waals surface area contributed by atoms with Crippen LogP contribution < -0.4 is 0 Å². The third kappa shape index (κ3) is 2.25. The van der Waals surface area contributed by atoms with Crippen molar-refractivity contribution in [3.8, 4) is 0 Å². The highest BCUT2D eigenvalue weighted by molar-refractivity contribution is 14.1. The van der Waals surface area contributed by atoms with Gasteiger partial charge in [0.2, 0.25) is 0 Å². The molecule has 0 radical (unpaired) electrons. The quantitative estimate of drug-likeness (QED) is 0.708. The van der Waals surface area contributed by atoms with E-state index in [2.05, 4.69) is 22.6 Å². The van der Waals surface area contributed by atoms with Crippen LogP contribution in [0.3, 0.4) is 0 Å². The Kier molecular flexibility index (Phi) is 3.12. The number of hydrogen-bond donors (Lipinski definition) is 0. The molecular weight excluding hydrogens is 242 g/mol. The Balaban J connectivity index is 2.69. The third-order valence-corrected chi connectivity index (χ3v) is 2.02. The highest BCUT2D eigenvalue weighted by Crippen LogP contribution is 2.06. The lowest BCUT2D eigenvalue weighted by molar-refractivity contribution is 0.495. The Bertz CT molecular complexity index is 193. The van der Waals surface area contributed by atoms with Crippen molar-refractivity contribution in [3.05, 3.63) is 33.4 Å². The van der Waals surface area contributed by atoms with Crippen molar-refractivity contribution >= 4 is 22.6 Å². The maximum atomic E-state index is 11.8. The normalized spacial score (nSPS) is 9.80. The number of hydrogen-bond acceptors (Lipinski definition) is 0. The van der Waals surface area contributed by atoms with Gasteiger partial charge >= 0.3 is 0 Å². The first-order valence-electron chi connectivity index (χ1n) is 3.13. The molecule has 0 bridgehead atoms. The second-order valence-corrected chi connectivity index (χ2v) is 3.31. The second-order valence-electron chi connectivity index (χ2n) is 2.07. The summed E-state index contributed by atoms with van der Waals surface area (Å²) in [5.41, 5.74) is 1.07. The first-order valence-corrected chi connectivity index (χ1v) is 4.21. The molecule has 0 unspecified atom stereocenters. The van der Waals surface area contributed by atoms with Gasteiger partial charge < -0.3 is 0 Å². The molecule has 0 saturated heterocycles. The van der Waals surface area contributed by atoms with E-state index in [1.54, 1.807) is 0 Å². The van der Waals surface area contributed by atoms with E-state index in [-0.39, 0.29) is 6.67 Å². The van der Waals surface area contributed by atoms with Crippen molar-refractivity contribution in [2.45, 2.75) is 6.42 Å². The molecule has 0 nitrogen and oxygen atoms in total. The van der Waals surface area contributed by atoms with Gasteiger partial charge in [-0.2, -0.15) is 0 Å². The van der Waals surface area contributed by atoms with Gasteiger partial charge in [0.25, 0.3) is 0 Å². The predicted octanol–water partition coefficient (Wildman–Crippen LogP) is 2.80. The number of aryl methyl sites for hydroxylation is 1. The standard InChI is InChI=1S/C8H8FI/c9-6-5-7-1-3-8(10)4-2-7/h1-4H,5-6H2. The molecule has 10 heavy (non-hydrogen) atoms. The van der Waals surface area contributed by atoms with E-state index in [1.807, 2.05) is 24.3 Å². The maximum absolute atomic E-state index is 11.8. The fourth-order valence-electron chi connectivity index (χ4n) is 0.760. The number of rotatable bonds is 2. The first-order chi connectivity index (χ1) is 4.83. The molecule has 0 N–H and O–H groups in total. The molecular formula is C8H8FI. The molecule has 0 aliphatic carbocycles. The van der Waals surface area contributed by atoms with E-state index in [1.165, 1.54) is 3.57 Å². The molecule has 0 spiro atoms. The van der Waals surface area contributed by atoms with Gasteiger partial charge in [-0.05, 0) is 40.3 Å². The number of alkyl halides is 1. The van der Waals surface area contributed by atoms with Crippen molar-refractivity contribution in [1.82, 2.24) is 0 Å². The van der Waals surface area contributed by atoms with Crippen molar-refractivity contribution in [2.24, 2.45) is 0 Å². The lowest BCUT2D eigenvalue weighted by Gasteiger charge is -1.95. The van der Waals surface area contributed by atoms with Crippen LogP contribution in [0.2, 0.25) is 0 Å². The summed E-state index contributed by atoms with van der Waals surface area (Å²) >= 11 is 2.23. The summed E-state index contributed by atoms with van der Waals surface area (Å²) in [5, 5.41) is 0. The minimum Gasteiger partial charge on any atom is -0.251 e. The molecule has 0 saturated carbocycles. The molecule has 0 fully saturated rings. The van der Waals surface area contributed by atoms with Gasteiger partial charge in [0.15, 0.2) is 0 Å². The van der Waals surface area contributed by atoms with Crippen molar-refractivity contribution in [1.29, 1.82) is 0 Å². The van der Waals surface area contributed by atoms with Crippen LogP contribution in [-0.2, 0) is 6.42 Å². The molecule has 0 amide bonds. The van der Waals surface area contributed by atoms with Crippen LogP contribution >= 0.6 is 22.6 Å². The molecule has 0 aliphatic heterocycles. The zero-order valence-electron chi connectivity index (χ0n) is 5.48. The summed E-state index contributed by atoms with van der Waals surface area (Å²) in [7, 11) is 0. The van der Waals surface area contributed by atoms with E-state index >= 15 is 0 Å². The third-order valence-electron chi connectivity index (χ3n) is 1.30. The van der Waals surface area contributed by atoms with Crippen LogP contribution in [0.5, 0.6) is 0 Å². The van der Waals surface area contributed by atoms with Gasteiger partial charge in [0.1, 0.15) is 0 Å². The summed E-state index contributed by atoms with van der Waals surface area (Å²) in [6.45, 7) is -0.263. The molecule has 0 heterocycles. The van der Waals surface area contributed by atoms with E-state index in [0.29, 0.717) is 6.42 Å². The minimum atomic E-state index is -0.263. The van der Waals surface area contributed by atoms with Crippen LogP contribution in [0.25, 0.3) is 0 Å². The Morgan fingerprint density at radius 2 is 1.80 bits per heavy atom. The van der Waals surface area contributed by atoms with Crippen LogP contribution in [0.1, 0.15) is 5.56 Å². The topological polar surface area (TPSA) is 0 Å². The minimum absolute atomic E-state index is 0.263. The number of halogens is 2. The summed E-state index contributed by atoms with van der Waals surface area (Å²) in [4.78, 5) is 0. The van der Waals surface area contributed by atoms with Gasteiger partial charge in [-0.25, -0.2) is 0 Å². The lowest BCUT2D eigenvalue weighted by Crippen LogP contribution is -1.85. The molecule has 0 aliphatic rings. The Morgan fingerprint density at radius 3 is 2.30 bits per heavy atom. The van der Waals surface area contributed by atoms with Gasteiger partial charge in [0, 0.05) is 9.99 Å². The number of benzene rings is 1. The highest BCUT2D eigenvalue weighted by Gasteiger charge is 1.90. The fraction of sp³-hybridized carbons (Fsp3) is 0.250. The van der Waals surface area contributed by atoms with Gasteiger partial charge in [-0.3, -0.25) is 4.39 Å². The van der Waals surface area contributed by atoms with E-state index < -0.39 is 0 Å². The summed E-state index contributed by atoms with van der Waals surface area (Å²) in [6, 6.07) is 7.90. The van der Waals surface area contributed by atoms with E-state index in [9.17, 15) is 4.39 Å². The molecule has 0 aromatic heterocycles. The summed E-state index contributed by atoms with van der Waals surface area (Å²) in [6.07, 6.45) is 0.539. The molecule has 1 rings (SSSR count). The van der Waals surface area contributed by atoms with Gasteiger partial charge in [-0.15, -0.1) is 0 Å². The SMILES string of the molecule is FCCc1ccc(I)cc1. The maximum Gasteiger partial charge on any atom is 0.0934 e. The fourth-order valence-corrected chi connectivity index (χ4v) is 1.12. The summed E-state index contributed by atoms with van der Waals surface area (Å²) in [5.74, 6) is 0. The average molecular weight is 250 g/mol. The van der Waals surface area contributed by atoms with Crippen LogP contribution in [0.15, 0.2) is 24.3 Å². The van der Waals surface area contributed by atoms with Crippen molar-refractivity contribution in [3.63, 3.8) is 0 Å². The molecule has 2 heteroatoms. The van der Waals surface area contributed by atoms with Crippen LogP contribution in [-0.4, -0.2) is 6.67 Å². The highest BCUT2D eigenvalue weighted by atomic mass is 127. The van der Waals surface area contributed by atoms with Crippen LogP contribution in [0, 0.1) is 3.57 Å². The smallest absolute Gasteiger partial charge is 0.0934 e. The van der Waals surface area contributed by atoms with E-state index in [0.717, 1.165) is 5.56 Å².